The fourth-order valence-corrected chi connectivity index (χ4v) is 2.29. The quantitative estimate of drug-likeness (QED) is 0.611. The first kappa shape index (κ1) is 25.1. The van der Waals surface area contributed by atoms with Crippen LogP contribution in [0.25, 0.3) is 0 Å². The highest BCUT2D eigenvalue weighted by Gasteiger charge is 2.23. The number of ether oxygens (including phenoxy) is 1. The maximum atomic E-state index is 12.1. The van der Waals surface area contributed by atoms with Crippen LogP contribution in [-0.4, -0.2) is 40.9 Å². The van der Waals surface area contributed by atoms with Gasteiger partial charge in [-0.25, -0.2) is 4.79 Å². The van der Waals surface area contributed by atoms with Gasteiger partial charge in [0.05, 0.1) is 0 Å². The van der Waals surface area contributed by atoms with Crippen LogP contribution in [0.3, 0.4) is 0 Å². The van der Waals surface area contributed by atoms with Crippen LogP contribution in [0.15, 0.2) is 6.07 Å². The molecule has 0 aliphatic rings. The molecule has 1 rings (SSSR count). The Bertz CT molecular complexity index is 724. The second kappa shape index (κ2) is 9.71. The van der Waals surface area contributed by atoms with Crippen LogP contribution in [0.4, 0.5) is 10.6 Å². The average molecular weight is 428 g/mol. The number of rotatable bonds is 7. The molecule has 0 aromatic carbocycles. The number of alkyl carbamates (subject to hydrolysis) is 1. The summed E-state index contributed by atoms with van der Waals surface area (Å²) in [7, 11) is 0. The summed E-state index contributed by atoms with van der Waals surface area (Å²) in [5.74, 6) is 0.208. The van der Waals surface area contributed by atoms with Crippen molar-refractivity contribution in [2.24, 2.45) is 10.8 Å². The number of amides is 2. The summed E-state index contributed by atoms with van der Waals surface area (Å²) in [5.41, 5.74) is -0.558. The number of halogens is 1. The molecule has 0 bridgehead atoms. The van der Waals surface area contributed by atoms with Crippen molar-refractivity contribution >= 4 is 29.4 Å². The van der Waals surface area contributed by atoms with E-state index in [1.165, 1.54) is 0 Å². The molecule has 0 saturated heterocycles. The van der Waals surface area contributed by atoms with Crippen molar-refractivity contribution < 1.29 is 14.3 Å². The van der Waals surface area contributed by atoms with E-state index in [2.05, 4.69) is 26.1 Å². The maximum absolute atomic E-state index is 12.1. The van der Waals surface area contributed by atoms with Crippen molar-refractivity contribution in [2.45, 2.75) is 67.5 Å². The highest BCUT2D eigenvalue weighted by Crippen LogP contribution is 2.20. The molecule has 0 aliphatic heterocycles. The lowest BCUT2D eigenvalue weighted by atomic mass is 9.93. The number of nitrogens with one attached hydrogen (secondary N) is 3. The van der Waals surface area contributed by atoms with Crippen molar-refractivity contribution in [2.75, 3.05) is 18.4 Å². The van der Waals surface area contributed by atoms with E-state index >= 15 is 0 Å². The molecular weight excluding hydrogens is 394 g/mol. The minimum Gasteiger partial charge on any atom is -0.444 e. The van der Waals surface area contributed by atoms with E-state index in [0.29, 0.717) is 25.5 Å². The first-order valence-corrected chi connectivity index (χ1v) is 9.98. The molecule has 0 aliphatic carbocycles. The third kappa shape index (κ3) is 9.89. The van der Waals surface area contributed by atoms with E-state index in [0.717, 1.165) is 5.56 Å². The van der Waals surface area contributed by atoms with E-state index < -0.39 is 17.1 Å². The van der Waals surface area contributed by atoms with Gasteiger partial charge in [0.2, 0.25) is 5.91 Å². The van der Waals surface area contributed by atoms with E-state index in [9.17, 15) is 9.59 Å². The number of carbonyl (C=O) groups is 2. The first-order valence-electron chi connectivity index (χ1n) is 9.60. The predicted molar refractivity (Wildman–Crippen MR) is 115 cm³/mol. The van der Waals surface area contributed by atoms with Crippen molar-refractivity contribution in [3.8, 4) is 0 Å². The zero-order valence-electron chi connectivity index (χ0n) is 18.7. The lowest BCUT2D eigenvalue weighted by Gasteiger charge is -2.27. The number of aromatic nitrogens is 2. The Labute approximate surface area is 178 Å². The molecule has 0 spiro atoms. The molecule has 0 fully saturated rings. The molecule has 0 saturated carbocycles. The largest absolute Gasteiger partial charge is 0.444 e. The van der Waals surface area contributed by atoms with Crippen LogP contribution < -0.4 is 16.0 Å². The van der Waals surface area contributed by atoms with E-state index in [-0.39, 0.29) is 16.5 Å². The van der Waals surface area contributed by atoms with Crippen LogP contribution >= 0.6 is 11.6 Å². The SMILES string of the molecule is CC(C)(CNCc1cc(NC(=O)C(C)(C)C)nnc1Cl)CNC(=O)OC(C)(C)C. The number of carbonyl (C=O) groups excluding carboxylic acids is 2. The molecular formula is C20H34ClN5O3. The van der Waals surface area contributed by atoms with Gasteiger partial charge in [-0.15, -0.1) is 10.2 Å². The molecule has 1 heterocycles. The van der Waals surface area contributed by atoms with Crippen LogP contribution in [-0.2, 0) is 16.1 Å². The molecule has 0 radical (unpaired) electrons. The van der Waals surface area contributed by atoms with Gasteiger partial charge < -0.3 is 20.7 Å². The van der Waals surface area contributed by atoms with Crippen molar-refractivity contribution in [3.05, 3.63) is 16.8 Å². The summed E-state index contributed by atoms with van der Waals surface area (Å²) < 4.78 is 5.25. The zero-order chi connectivity index (χ0) is 22.5. The number of hydrogen-bond donors (Lipinski definition) is 3. The Balaban J connectivity index is 2.59. The highest BCUT2D eigenvalue weighted by molar-refractivity contribution is 6.30. The molecule has 1 aromatic rings. The molecule has 8 nitrogen and oxygen atoms in total. The fraction of sp³-hybridized carbons (Fsp3) is 0.700. The Morgan fingerprint density at radius 2 is 1.66 bits per heavy atom. The van der Waals surface area contributed by atoms with Gasteiger partial charge in [0, 0.05) is 30.6 Å². The predicted octanol–water partition coefficient (Wildman–Crippen LogP) is 3.76. The fourth-order valence-electron chi connectivity index (χ4n) is 2.13. The molecule has 3 N–H and O–H groups in total. The van der Waals surface area contributed by atoms with Gasteiger partial charge >= 0.3 is 6.09 Å². The van der Waals surface area contributed by atoms with Crippen LogP contribution in [0, 0.1) is 10.8 Å². The van der Waals surface area contributed by atoms with E-state index in [1.807, 2.05) is 55.4 Å². The molecule has 2 amide bonds. The molecule has 0 atom stereocenters. The van der Waals surface area contributed by atoms with Crippen molar-refractivity contribution in [1.82, 2.24) is 20.8 Å². The first-order chi connectivity index (χ1) is 13.1. The van der Waals surface area contributed by atoms with Gasteiger partial charge in [-0.2, -0.15) is 0 Å². The maximum Gasteiger partial charge on any atom is 0.407 e. The van der Waals surface area contributed by atoms with Gasteiger partial charge in [-0.1, -0.05) is 46.2 Å². The van der Waals surface area contributed by atoms with Gasteiger partial charge in [-0.05, 0) is 32.3 Å². The van der Waals surface area contributed by atoms with Gasteiger partial charge in [-0.3, -0.25) is 4.79 Å². The molecule has 1 aromatic heterocycles. The van der Waals surface area contributed by atoms with Crippen LogP contribution in [0.5, 0.6) is 0 Å². The third-order valence-corrected chi connectivity index (χ3v) is 4.09. The Morgan fingerprint density at radius 1 is 1.03 bits per heavy atom. The minimum absolute atomic E-state index is 0.151. The Morgan fingerprint density at radius 3 is 2.21 bits per heavy atom. The summed E-state index contributed by atoms with van der Waals surface area (Å²) in [4.78, 5) is 23.9. The molecule has 164 valence electrons. The number of nitrogens with zero attached hydrogens (tertiary/aromatic N) is 2. The standard InChI is InChI=1S/C20H34ClN5O3/c1-18(2,3)16(27)24-14-9-13(15(21)26-25-14)10-22-11-20(7,8)12-23-17(28)29-19(4,5)6/h9,22H,10-12H2,1-8H3,(H,23,28)(H,24,25,27). The normalized spacial score (nSPS) is 12.4. The van der Waals surface area contributed by atoms with Gasteiger partial charge in [0.15, 0.2) is 11.0 Å². The van der Waals surface area contributed by atoms with E-state index in [1.54, 1.807) is 6.07 Å². The van der Waals surface area contributed by atoms with Gasteiger partial charge in [0.1, 0.15) is 5.60 Å². The van der Waals surface area contributed by atoms with E-state index in [4.69, 9.17) is 16.3 Å². The highest BCUT2D eigenvalue weighted by atomic mass is 35.5. The monoisotopic (exact) mass is 427 g/mol. The van der Waals surface area contributed by atoms with Crippen LogP contribution in [0.2, 0.25) is 5.15 Å². The Hall–Kier alpha value is -1.93. The van der Waals surface area contributed by atoms with Crippen molar-refractivity contribution in [1.29, 1.82) is 0 Å². The molecule has 29 heavy (non-hydrogen) atoms. The average Bonchev–Trinajstić information content (AvgIpc) is 2.53. The lowest BCUT2D eigenvalue weighted by molar-refractivity contribution is -0.123. The van der Waals surface area contributed by atoms with Crippen molar-refractivity contribution in [3.63, 3.8) is 0 Å². The topological polar surface area (TPSA) is 105 Å². The zero-order valence-corrected chi connectivity index (χ0v) is 19.5. The van der Waals surface area contributed by atoms with Gasteiger partial charge in [0.25, 0.3) is 0 Å². The molecule has 0 unspecified atom stereocenters. The summed E-state index contributed by atoms with van der Waals surface area (Å²) in [6.07, 6.45) is -0.439. The Kier molecular flexibility index (Phi) is 8.41. The third-order valence-electron chi connectivity index (χ3n) is 3.77. The minimum atomic E-state index is -0.537. The lowest BCUT2D eigenvalue weighted by Crippen LogP contribution is -2.42. The smallest absolute Gasteiger partial charge is 0.407 e. The number of hydrogen-bond acceptors (Lipinski definition) is 6. The second-order valence-electron chi connectivity index (χ2n) is 9.87. The summed E-state index contributed by atoms with van der Waals surface area (Å²) in [5, 5.41) is 17.0. The summed E-state index contributed by atoms with van der Waals surface area (Å²) in [6, 6.07) is 1.71. The molecule has 9 heteroatoms. The second-order valence-corrected chi connectivity index (χ2v) is 10.2. The summed E-state index contributed by atoms with van der Waals surface area (Å²) in [6.45, 7) is 16.5. The summed E-state index contributed by atoms with van der Waals surface area (Å²) >= 11 is 6.14. The number of anilines is 1. The van der Waals surface area contributed by atoms with Crippen LogP contribution in [0.1, 0.15) is 61.0 Å².